The third kappa shape index (κ3) is 21.6. The van der Waals surface area contributed by atoms with Crippen molar-refractivity contribution in [1.29, 1.82) is 0 Å². The van der Waals surface area contributed by atoms with Gasteiger partial charge in [-0.25, -0.2) is 4.98 Å². The molecule has 0 atom stereocenters. The molecule has 8 aromatic carbocycles. The van der Waals surface area contributed by atoms with Crippen LogP contribution in [0.15, 0.2) is 243 Å². The molecule has 3 heterocycles. The minimum absolute atomic E-state index is 0.0694. The fraction of sp³-hybridized carbons (Fsp3) is 0.0172. The number of carbonyl (C=O) groups excluding carboxylic acids is 1. The van der Waals surface area contributed by atoms with E-state index in [1.807, 2.05) is 97.1 Å². The van der Waals surface area contributed by atoms with E-state index in [0.717, 1.165) is 27.8 Å². The van der Waals surface area contributed by atoms with E-state index in [1.54, 1.807) is 91.6 Å². The minimum Gasteiger partial charge on any atom is -0.508 e. The highest BCUT2D eigenvalue weighted by Crippen LogP contribution is 2.30. The number of phenols is 1. The summed E-state index contributed by atoms with van der Waals surface area (Å²) >= 11 is 0. The number of nitrogens with zero attached hydrogens (tertiary/aromatic N) is 4. The van der Waals surface area contributed by atoms with E-state index in [1.165, 1.54) is 41.1 Å². The van der Waals surface area contributed by atoms with Gasteiger partial charge >= 0.3 is 0 Å². The number of nitrogens with two attached hydrogens (primary N) is 8. The lowest BCUT2D eigenvalue weighted by Gasteiger charge is -2.06. The Morgan fingerprint density at radius 1 is 0.438 bits per heavy atom. The first-order valence-electron chi connectivity index (χ1n) is 22.5. The number of para-hydroxylation sites is 1. The van der Waals surface area contributed by atoms with E-state index < -0.39 is 0 Å². The van der Waals surface area contributed by atoms with Crippen LogP contribution in [0.5, 0.6) is 5.75 Å². The van der Waals surface area contributed by atoms with E-state index in [0.29, 0.717) is 34.3 Å². The highest BCUT2D eigenvalue weighted by atomic mass is 16.3. The number of aromatic nitrogens is 5. The normalized spacial score (nSPS) is 9.44. The summed E-state index contributed by atoms with van der Waals surface area (Å²) in [4.78, 5) is 21.9. The van der Waals surface area contributed by atoms with Gasteiger partial charge in [-0.05, 0) is 114 Å². The molecule has 0 spiro atoms. The number of Topliss-reactive ketones (excluding diaryl/α,β-unsaturated/α-hetero) is 1. The van der Waals surface area contributed by atoms with E-state index in [-0.39, 0.29) is 11.5 Å². The summed E-state index contributed by atoms with van der Waals surface area (Å²) < 4.78 is 0. The SMILES string of the molecule is CC(=O)c1ccc(N)cc1.Nc1c2ccccc2cc2ccccc12.Nc1ccc(-c2ccccc2)cc1.Nc1cccc(O)c1.Nc1ccccc1.Nc1cccnc1.Nc1ccn[nH]1.Nc1cnccn1. The Hall–Kier alpha value is -10.4. The Bertz CT molecular complexity index is 3060. The molecular formula is C58H61N13O2. The number of anilines is 8. The zero-order chi connectivity index (χ0) is 52.6. The maximum absolute atomic E-state index is 10.7. The zero-order valence-electron chi connectivity index (χ0n) is 40.4. The quantitative estimate of drug-likeness (QED) is 0.0438. The number of benzene rings is 8. The second-order valence-electron chi connectivity index (χ2n) is 15.3. The van der Waals surface area contributed by atoms with Crippen molar-refractivity contribution in [2.75, 3.05) is 45.9 Å². The van der Waals surface area contributed by atoms with Crippen molar-refractivity contribution in [2.24, 2.45) is 0 Å². The number of rotatable bonds is 2. The van der Waals surface area contributed by atoms with Gasteiger partial charge in [0.05, 0.1) is 18.1 Å². The maximum atomic E-state index is 10.7. The van der Waals surface area contributed by atoms with Crippen molar-refractivity contribution in [3.05, 3.63) is 249 Å². The van der Waals surface area contributed by atoms with Crippen LogP contribution in [0.3, 0.4) is 0 Å². The van der Waals surface area contributed by atoms with Gasteiger partial charge in [-0.1, -0.05) is 115 Å². The van der Waals surface area contributed by atoms with Gasteiger partial charge in [-0.2, -0.15) is 5.10 Å². The molecule has 0 bridgehead atoms. The topological polar surface area (TPSA) is 313 Å². The van der Waals surface area contributed by atoms with Crippen LogP contribution in [0, 0.1) is 0 Å². The number of carbonyl (C=O) groups is 1. The molecule has 0 radical (unpaired) electrons. The fourth-order valence-electron chi connectivity index (χ4n) is 6.00. The highest BCUT2D eigenvalue weighted by molar-refractivity contribution is 6.09. The summed E-state index contributed by atoms with van der Waals surface area (Å²) in [5, 5.41) is 19.5. The second-order valence-corrected chi connectivity index (χ2v) is 15.3. The van der Waals surface area contributed by atoms with Gasteiger partial charge in [0.15, 0.2) is 5.78 Å². The molecule has 11 aromatic rings. The number of hydrogen-bond acceptors (Lipinski definition) is 14. The summed E-state index contributed by atoms with van der Waals surface area (Å²) in [6.07, 6.45) is 9.54. The Morgan fingerprint density at radius 2 is 0.945 bits per heavy atom. The smallest absolute Gasteiger partial charge is 0.159 e. The highest BCUT2D eigenvalue weighted by Gasteiger charge is 2.03. The monoisotopic (exact) mass is 972 g/mol. The molecule has 0 amide bonds. The molecule has 18 N–H and O–H groups in total. The van der Waals surface area contributed by atoms with Gasteiger partial charge in [-0.3, -0.25) is 19.9 Å². The van der Waals surface area contributed by atoms with Gasteiger partial charge in [-0.15, -0.1) is 0 Å². The van der Waals surface area contributed by atoms with E-state index in [2.05, 4.69) is 67.6 Å². The summed E-state index contributed by atoms with van der Waals surface area (Å²) in [5.74, 6) is 1.35. The predicted octanol–water partition coefficient (Wildman–Crippen LogP) is 10.9. The van der Waals surface area contributed by atoms with Crippen LogP contribution in [0.2, 0.25) is 0 Å². The molecule has 0 aliphatic heterocycles. The number of hydrogen-bond donors (Lipinski definition) is 10. The number of ketones is 1. The molecule has 15 nitrogen and oxygen atoms in total. The van der Waals surface area contributed by atoms with Crippen molar-refractivity contribution >= 4 is 73.1 Å². The molecule has 0 saturated carbocycles. The molecule has 0 unspecified atom stereocenters. The lowest BCUT2D eigenvalue weighted by atomic mass is 10.0. The van der Waals surface area contributed by atoms with Crippen LogP contribution >= 0.6 is 0 Å². The third-order valence-electron chi connectivity index (χ3n) is 9.61. The minimum atomic E-state index is 0.0694. The van der Waals surface area contributed by atoms with Gasteiger partial charge in [0.2, 0.25) is 0 Å². The van der Waals surface area contributed by atoms with Crippen molar-refractivity contribution in [3.8, 4) is 16.9 Å². The Kier molecular flexibility index (Phi) is 23.3. The van der Waals surface area contributed by atoms with E-state index in [4.69, 9.17) is 51.0 Å². The maximum Gasteiger partial charge on any atom is 0.159 e. The van der Waals surface area contributed by atoms with Crippen LogP contribution in [0.1, 0.15) is 17.3 Å². The molecule has 11 rings (SSSR count). The fourth-order valence-corrected chi connectivity index (χ4v) is 6.00. The summed E-state index contributed by atoms with van der Waals surface area (Å²) in [7, 11) is 0. The Balaban J connectivity index is 0.000000185. The summed E-state index contributed by atoms with van der Waals surface area (Å²) in [6.45, 7) is 1.53. The molecule has 370 valence electrons. The zero-order valence-corrected chi connectivity index (χ0v) is 40.4. The average Bonchev–Trinajstić information content (AvgIpc) is 3.90. The van der Waals surface area contributed by atoms with Gasteiger partial charge < -0.3 is 51.0 Å². The summed E-state index contributed by atoms with van der Waals surface area (Å²) in [5.41, 5.74) is 51.1. The first-order chi connectivity index (χ1) is 35.3. The number of nitrogen functional groups attached to an aromatic ring is 8. The number of pyridine rings is 1. The third-order valence-corrected chi connectivity index (χ3v) is 9.61. The number of aromatic amines is 1. The van der Waals surface area contributed by atoms with Crippen LogP contribution in [0.25, 0.3) is 32.7 Å². The van der Waals surface area contributed by atoms with E-state index >= 15 is 0 Å². The Morgan fingerprint density at radius 3 is 1.33 bits per heavy atom. The van der Waals surface area contributed by atoms with Crippen LogP contribution < -0.4 is 45.9 Å². The number of fused-ring (bicyclic) bond motifs is 2. The summed E-state index contributed by atoms with van der Waals surface area (Å²) in [6, 6.07) is 64.9. The standard InChI is InChI=1S/C14H11N.C12H11N.C8H9NO.C6H7NO.C6H7N.C5H6N2.C4H5N3.C3H5N3/c15-14-12-7-3-1-5-10(12)9-11-6-2-4-8-13(11)14;13-12-8-6-11(7-9-12)10-4-2-1-3-5-10;1-6(10)7-2-4-8(9)5-3-7;7-5-2-1-3-6(8)4-5;7-6-4-2-1-3-5-6;6-5-2-1-3-7-4-5;5-4-3-6-1-2-7-4;4-3-1-2-5-6-3/h1-9H,15H2;1-9H,13H2;2-5H,9H2,1H3;1-4,8H,7H2;1-5H,7H2;1-4H,6H2;1-3H,(H2,5,7);1-2H,(H3,4,5,6). The van der Waals surface area contributed by atoms with Crippen molar-refractivity contribution in [2.45, 2.75) is 6.92 Å². The van der Waals surface area contributed by atoms with Crippen molar-refractivity contribution in [1.82, 2.24) is 25.1 Å². The van der Waals surface area contributed by atoms with Crippen LogP contribution in [-0.2, 0) is 0 Å². The van der Waals surface area contributed by atoms with E-state index in [9.17, 15) is 4.79 Å². The van der Waals surface area contributed by atoms with Gasteiger partial charge in [0, 0.05) is 75.6 Å². The molecule has 15 heteroatoms. The number of nitrogens with one attached hydrogen (secondary N) is 1. The molecule has 0 aliphatic rings. The molecule has 73 heavy (non-hydrogen) atoms. The molecular weight excluding hydrogens is 911 g/mol. The van der Waals surface area contributed by atoms with Crippen LogP contribution in [-0.4, -0.2) is 36.0 Å². The molecule has 0 fully saturated rings. The Labute approximate surface area is 425 Å². The first kappa shape index (κ1) is 55.2. The predicted molar refractivity (Wildman–Crippen MR) is 304 cm³/mol. The lowest BCUT2D eigenvalue weighted by Crippen LogP contribution is -1.91. The van der Waals surface area contributed by atoms with Gasteiger partial charge in [0.1, 0.15) is 17.4 Å². The van der Waals surface area contributed by atoms with Crippen molar-refractivity contribution in [3.63, 3.8) is 0 Å². The largest absolute Gasteiger partial charge is 0.508 e. The molecule has 0 saturated heterocycles. The molecule has 3 aromatic heterocycles. The molecule has 0 aliphatic carbocycles. The number of aromatic hydroxyl groups is 1. The first-order valence-corrected chi connectivity index (χ1v) is 22.5. The average molecular weight is 972 g/mol. The number of H-pyrrole nitrogens is 1. The second kappa shape index (κ2) is 30.9. The van der Waals surface area contributed by atoms with Crippen molar-refractivity contribution < 1.29 is 9.90 Å². The number of phenolic OH excluding ortho intramolecular Hbond substituents is 1. The lowest BCUT2D eigenvalue weighted by molar-refractivity contribution is 0.101. The van der Waals surface area contributed by atoms with Crippen LogP contribution in [0.4, 0.5) is 45.8 Å². The van der Waals surface area contributed by atoms with Gasteiger partial charge in [0.25, 0.3) is 0 Å².